The van der Waals surface area contributed by atoms with Gasteiger partial charge in [0.1, 0.15) is 5.75 Å². The molecule has 0 radical (unpaired) electrons. The number of thiophene rings is 1. The Kier molecular flexibility index (Phi) is 3.04. The fourth-order valence-corrected chi connectivity index (χ4v) is 4.48. The predicted molar refractivity (Wildman–Crippen MR) is 67.9 cm³/mol. The normalized spacial score (nSPS) is 10.8. The van der Waals surface area contributed by atoms with Crippen LogP contribution in [0.5, 0.6) is 5.75 Å². The second-order valence-corrected chi connectivity index (χ2v) is 5.90. The van der Waals surface area contributed by atoms with Crippen LogP contribution in [0.4, 0.5) is 0 Å². The first-order valence-corrected chi connectivity index (χ1v) is 6.90. The Bertz CT molecular complexity index is 464. The van der Waals surface area contributed by atoms with Crippen LogP contribution in [0.1, 0.15) is 0 Å². The standard InChI is InChI=1S/C10H9BrOS2/c1-12-7-5-3-4-6-8(7)14-10(11)9(6)13-2/h3-5H,1-2H3. The van der Waals surface area contributed by atoms with Gasteiger partial charge in [-0.15, -0.1) is 23.1 Å². The zero-order valence-electron chi connectivity index (χ0n) is 7.83. The van der Waals surface area contributed by atoms with E-state index < -0.39 is 0 Å². The molecule has 0 amide bonds. The van der Waals surface area contributed by atoms with Crippen molar-refractivity contribution in [3.8, 4) is 5.75 Å². The van der Waals surface area contributed by atoms with E-state index in [1.165, 1.54) is 18.8 Å². The second-order valence-electron chi connectivity index (χ2n) is 2.75. The van der Waals surface area contributed by atoms with Gasteiger partial charge in [0, 0.05) is 10.3 Å². The summed E-state index contributed by atoms with van der Waals surface area (Å²) in [5.74, 6) is 0.952. The number of hydrogen-bond donors (Lipinski definition) is 0. The molecule has 14 heavy (non-hydrogen) atoms. The van der Waals surface area contributed by atoms with Crippen molar-refractivity contribution in [2.45, 2.75) is 4.90 Å². The molecule has 0 aliphatic rings. The van der Waals surface area contributed by atoms with Gasteiger partial charge in [0.15, 0.2) is 0 Å². The monoisotopic (exact) mass is 288 g/mol. The molecule has 4 heteroatoms. The van der Waals surface area contributed by atoms with Gasteiger partial charge >= 0.3 is 0 Å². The molecule has 0 saturated carbocycles. The third-order valence-electron chi connectivity index (χ3n) is 2.02. The number of rotatable bonds is 2. The highest BCUT2D eigenvalue weighted by Crippen LogP contribution is 2.44. The number of fused-ring (bicyclic) bond motifs is 1. The number of benzene rings is 1. The Balaban J connectivity index is 2.79. The highest BCUT2D eigenvalue weighted by Gasteiger charge is 2.11. The predicted octanol–water partition coefficient (Wildman–Crippen LogP) is 4.39. The van der Waals surface area contributed by atoms with Crippen LogP contribution in [0, 0.1) is 0 Å². The summed E-state index contributed by atoms with van der Waals surface area (Å²) in [4.78, 5) is 1.30. The van der Waals surface area contributed by atoms with Crippen molar-refractivity contribution >= 4 is 49.1 Å². The van der Waals surface area contributed by atoms with E-state index in [1.54, 1.807) is 30.2 Å². The molecule has 1 aromatic heterocycles. The Morgan fingerprint density at radius 1 is 1.43 bits per heavy atom. The molecule has 2 aromatic rings. The summed E-state index contributed by atoms with van der Waals surface area (Å²) in [6.07, 6.45) is 2.09. The van der Waals surface area contributed by atoms with E-state index in [1.807, 2.05) is 12.1 Å². The lowest BCUT2D eigenvalue weighted by molar-refractivity contribution is 0.420. The van der Waals surface area contributed by atoms with Gasteiger partial charge in [0.25, 0.3) is 0 Å². The number of halogens is 1. The Morgan fingerprint density at radius 2 is 2.21 bits per heavy atom. The van der Waals surface area contributed by atoms with Crippen molar-refractivity contribution in [1.29, 1.82) is 0 Å². The van der Waals surface area contributed by atoms with Crippen molar-refractivity contribution in [1.82, 2.24) is 0 Å². The summed E-state index contributed by atoms with van der Waals surface area (Å²) >= 11 is 7.06. The zero-order valence-corrected chi connectivity index (χ0v) is 11.1. The van der Waals surface area contributed by atoms with E-state index in [0.717, 1.165) is 5.75 Å². The van der Waals surface area contributed by atoms with Crippen molar-refractivity contribution in [2.24, 2.45) is 0 Å². The quantitative estimate of drug-likeness (QED) is 0.758. The maximum atomic E-state index is 5.32. The molecule has 0 unspecified atom stereocenters. The zero-order chi connectivity index (χ0) is 10.1. The maximum absolute atomic E-state index is 5.32. The van der Waals surface area contributed by atoms with Crippen LogP contribution < -0.4 is 4.74 Å². The first kappa shape index (κ1) is 10.3. The third kappa shape index (κ3) is 1.55. The van der Waals surface area contributed by atoms with E-state index in [-0.39, 0.29) is 0 Å². The van der Waals surface area contributed by atoms with Crippen LogP contribution >= 0.6 is 39.0 Å². The summed E-state index contributed by atoms with van der Waals surface area (Å²) in [7, 11) is 1.71. The summed E-state index contributed by atoms with van der Waals surface area (Å²) in [6, 6.07) is 6.15. The molecule has 0 fully saturated rings. The summed E-state index contributed by atoms with van der Waals surface area (Å²) in [5.41, 5.74) is 0. The van der Waals surface area contributed by atoms with Gasteiger partial charge in [0.05, 0.1) is 15.6 Å². The summed E-state index contributed by atoms with van der Waals surface area (Å²) in [5, 5.41) is 1.27. The summed E-state index contributed by atoms with van der Waals surface area (Å²) in [6.45, 7) is 0. The molecular formula is C10H9BrOS2. The van der Waals surface area contributed by atoms with Crippen LogP contribution in [0.25, 0.3) is 10.1 Å². The van der Waals surface area contributed by atoms with Crippen LogP contribution in [-0.4, -0.2) is 13.4 Å². The molecule has 0 N–H and O–H groups in total. The highest BCUT2D eigenvalue weighted by atomic mass is 79.9. The Hall–Kier alpha value is -0.190. The minimum atomic E-state index is 0.952. The van der Waals surface area contributed by atoms with Gasteiger partial charge in [-0.2, -0.15) is 0 Å². The lowest BCUT2D eigenvalue weighted by atomic mass is 10.2. The van der Waals surface area contributed by atoms with Gasteiger partial charge in [-0.3, -0.25) is 0 Å². The maximum Gasteiger partial charge on any atom is 0.136 e. The molecule has 0 bridgehead atoms. The average Bonchev–Trinajstić information content (AvgIpc) is 2.52. The lowest BCUT2D eigenvalue weighted by Gasteiger charge is -2.00. The van der Waals surface area contributed by atoms with Gasteiger partial charge in [-0.1, -0.05) is 12.1 Å². The molecule has 1 heterocycles. The SMILES string of the molecule is COc1cccc2c(SC)c(Br)sc12. The number of thioether (sulfide) groups is 1. The van der Waals surface area contributed by atoms with Gasteiger partial charge in [-0.25, -0.2) is 0 Å². The van der Waals surface area contributed by atoms with Crippen molar-refractivity contribution in [3.05, 3.63) is 22.0 Å². The van der Waals surface area contributed by atoms with E-state index in [9.17, 15) is 0 Å². The average molecular weight is 289 g/mol. The third-order valence-corrected chi connectivity index (χ3v) is 5.13. The largest absolute Gasteiger partial charge is 0.495 e. The molecule has 0 aliphatic carbocycles. The van der Waals surface area contributed by atoms with Crippen molar-refractivity contribution in [2.75, 3.05) is 13.4 Å². The minimum Gasteiger partial charge on any atom is -0.495 e. The highest BCUT2D eigenvalue weighted by molar-refractivity contribution is 9.11. The Morgan fingerprint density at radius 3 is 2.86 bits per heavy atom. The number of hydrogen-bond acceptors (Lipinski definition) is 3. The molecule has 1 aromatic carbocycles. The molecular weight excluding hydrogens is 280 g/mol. The first-order valence-electron chi connectivity index (χ1n) is 4.07. The van der Waals surface area contributed by atoms with Gasteiger partial charge in [0.2, 0.25) is 0 Å². The summed E-state index contributed by atoms with van der Waals surface area (Å²) < 4.78 is 7.72. The fourth-order valence-electron chi connectivity index (χ4n) is 1.39. The molecule has 74 valence electrons. The van der Waals surface area contributed by atoms with Gasteiger partial charge in [-0.05, 0) is 28.3 Å². The van der Waals surface area contributed by atoms with Gasteiger partial charge < -0.3 is 4.74 Å². The van der Waals surface area contributed by atoms with Crippen molar-refractivity contribution in [3.63, 3.8) is 0 Å². The van der Waals surface area contributed by atoms with E-state index >= 15 is 0 Å². The second kappa shape index (κ2) is 4.13. The fraction of sp³-hybridized carbons (Fsp3) is 0.200. The number of methoxy groups -OCH3 is 1. The first-order chi connectivity index (χ1) is 6.77. The lowest BCUT2D eigenvalue weighted by Crippen LogP contribution is -1.81. The molecule has 0 atom stereocenters. The molecule has 2 rings (SSSR count). The van der Waals surface area contributed by atoms with Crippen LogP contribution in [0.3, 0.4) is 0 Å². The van der Waals surface area contributed by atoms with E-state index in [0.29, 0.717) is 0 Å². The number of ether oxygens (including phenoxy) is 1. The van der Waals surface area contributed by atoms with E-state index in [2.05, 4.69) is 28.3 Å². The Labute approximate surface area is 99.6 Å². The molecule has 1 nitrogen and oxygen atoms in total. The van der Waals surface area contributed by atoms with E-state index in [4.69, 9.17) is 4.74 Å². The van der Waals surface area contributed by atoms with Crippen LogP contribution in [0.2, 0.25) is 0 Å². The minimum absolute atomic E-state index is 0.952. The van der Waals surface area contributed by atoms with Crippen LogP contribution in [0.15, 0.2) is 26.9 Å². The van der Waals surface area contributed by atoms with Crippen LogP contribution in [-0.2, 0) is 0 Å². The van der Waals surface area contributed by atoms with Crippen molar-refractivity contribution < 1.29 is 4.74 Å². The molecule has 0 saturated heterocycles. The molecule has 0 aliphatic heterocycles. The smallest absolute Gasteiger partial charge is 0.136 e. The topological polar surface area (TPSA) is 9.23 Å². The molecule has 0 spiro atoms.